The summed E-state index contributed by atoms with van der Waals surface area (Å²) in [4.78, 5) is 7.48. The maximum atomic E-state index is 12.4. The third-order valence-electron chi connectivity index (χ3n) is 2.44. The zero-order valence-corrected chi connectivity index (χ0v) is 8.84. The molecule has 6 heteroatoms. The summed E-state index contributed by atoms with van der Waals surface area (Å²) >= 11 is 0. The lowest BCUT2D eigenvalue weighted by Crippen LogP contribution is -2.09. The van der Waals surface area contributed by atoms with Crippen molar-refractivity contribution in [2.75, 3.05) is 0 Å². The molecule has 0 amide bonds. The predicted octanol–water partition coefficient (Wildman–Crippen LogP) is 2.62. The van der Waals surface area contributed by atoms with Crippen molar-refractivity contribution in [1.82, 2.24) is 14.4 Å². The molecule has 0 N–H and O–H groups in total. The fourth-order valence-corrected chi connectivity index (χ4v) is 1.69. The molecule has 0 aliphatic heterocycles. The van der Waals surface area contributed by atoms with Crippen molar-refractivity contribution in [2.45, 2.75) is 26.4 Å². The van der Waals surface area contributed by atoms with E-state index < -0.39 is 11.9 Å². The Bertz CT molecular complexity index is 528. The highest BCUT2D eigenvalue weighted by atomic mass is 19.4. The van der Waals surface area contributed by atoms with Crippen LogP contribution in [0.4, 0.5) is 13.2 Å². The Morgan fingerprint density at radius 2 is 2.06 bits per heavy atom. The molecule has 0 unspecified atom stereocenters. The molecule has 0 aliphatic carbocycles. The van der Waals surface area contributed by atoms with Crippen LogP contribution >= 0.6 is 0 Å². The van der Waals surface area contributed by atoms with Gasteiger partial charge in [0.1, 0.15) is 17.7 Å². The minimum atomic E-state index is -4.42. The second-order valence-corrected chi connectivity index (χ2v) is 3.50. The molecule has 0 spiro atoms. The number of aromatic nitrogens is 3. The first-order valence-corrected chi connectivity index (χ1v) is 4.84. The molecule has 0 saturated carbocycles. The molecule has 2 heterocycles. The molecule has 0 aromatic carbocycles. The lowest BCUT2D eigenvalue weighted by atomic mass is 10.3. The van der Waals surface area contributed by atoms with Crippen LogP contribution in [0.25, 0.3) is 5.65 Å². The zero-order chi connectivity index (χ0) is 11.9. The maximum Gasteiger partial charge on any atom is 0.433 e. The Kier molecular flexibility index (Phi) is 2.36. The summed E-state index contributed by atoms with van der Waals surface area (Å²) in [7, 11) is 0. The number of aryl methyl sites for hydroxylation is 2. The quantitative estimate of drug-likeness (QED) is 0.752. The number of nitrogens with zero attached hydrogens (tertiary/aromatic N) is 3. The third-order valence-corrected chi connectivity index (χ3v) is 2.44. The van der Waals surface area contributed by atoms with Crippen LogP contribution in [0.5, 0.6) is 0 Å². The molecule has 2 aromatic rings. The van der Waals surface area contributed by atoms with E-state index in [-0.39, 0.29) is 5.65 Å². The molecule has 86 valence electrons. The molecular weight excluding hydrogens is 219 g/mol. The summed E-state index contributed by atoms with van der Waals surface area (Å²) in [5.74, 6) is 0. The molecule has 0 bridgehead atoms. The number of rotatable bonds is 1. The van der Waals surface area contributed by atoms with E-state index in [1.165, 1.54) is 6.33 Å². The van der Waals surface area contributed by atoms with Crippen LogP contribution < -0.4 is 0 Å². The molecule has 2 aromatic heterocycles. The molecule has 0 radical (unpaired) electrons. The van der Waals surface area contributed by atoms with Crippen molar-refractivity contribution < 1.29 is 13.2 Å². The van der Waals surface area contributed by atoms with Crippen molar-refractivity contribution in [1.29, 1.82) is 0 Å². The second kappa shape index (κ2) is 3.47. The van der Waals surface area contributed by atoms with E-state index in [9.17, 15) is 13.2 Å². The number of alkyl halides is 3. The molecule has 0 saturated heterocycles. The van der Waals surface area contributed by atoms with E-state index in [4.69, 9.17) is 0 Å². The van der Waals surface area contributed by atoms with E-state index in [0.29, 0.717) is 6.42 Å². The summed E-state index contributed by atoms with van der Waals surface area (Å²) in [5.41, 5.74) is 1.00. The smallest absolute Gasteiger partial charge is 0.287 e. The number of hydrogen-bond donors (Lipinski definition) is 0. The average Bonchev–Trinajstić information content (AvgIpc) is 2.50. The summed E-state index contributed by atoms with van der Waals surface area (Å²) in [6.45, 7) is 3.70. The summed E-state index contributed by atoms with van der Waals surface area (Å²) in [6.07, 6.45) is -2.54. The van der Waals surface area contributed by atoms with Crippen LogP contribution in [0.3, 0.4) is 0 Å². The topological polar surface area (TPSA) is 30.2 Å². The minimum Gasteiger partial charge on any atom is -0.287 e. The third kappa shape index (κ3) is 1.64. The zero-order valence-electron chi connectivity index (χ0n) is 8.84. The van der Waals surface area contributed by atoms with Gasteiger partial charge in [-0.05, 0) is 13.3 Å². The predicted molar refractivity (Wildman–Crippen MR) is 52.1 cm³/mol. The first kappa shape index (κ1) is 10.9. The van der Waals surface area contributed by atoms with Crippen molar-refractivity contribution in [2.24, 2.45) is 0 Å². The molecule has 2 rings (SSSR count). The van der Waals surface area contributed by atoms with Gasteiger partial charge in [0.05, 0.1) is 5.69 Å². The lowest BCUT2D eigenvalue weighted by molar-refractivity contribution is -0.141. The van der Waals surface area contributed by atoms with Gasteiger partial charge in [-0.1, -0.05) is 6.92 Å². The van der Waals surface area contributed by atoms with Crippen LogP contribution in [-0.2, 0) is 12.6 Å². The standard InChI is InChI=1S/C10H10F3N3/c1-3-7-6(2)15-9-4-8(10(11,12)13)14-5-16(7)9/h4-5H,3H2,1-2H3. The monoisotopic (exact) mass is 229 g/mol. The van der Waals surface area contributed by atoms with Gasteiger partial charge in [-0.2, -0.15) is 13.2 Å². The van der Waals surface area contributed by atoms with Gasteiger partial charge in [0, 0.05) is 11.8 Å². The van der Waals surface area contributed by atoms with Crippen LogP contribution in [0.15, 0.2) is 12.4 Å². The van der Waals surface area contributed by atoms with Crippen molar-refractivity contribution in [3.8, 4) is 0 Å². The fourth-order valence-electron chi connectivity index (χ4n) is 1.69. The molecule has 3 nitrogen and oxygen atoms in total. The number of imidazole rings is 1. The maximum absolute atomic E-state index is 12.4. The van der Waals surface area contributed by atoms with E-state index in [2.05, 4.69) is 9.97 Å². The Hall–Kier alpha value is -1.59. The van der Waals surface area contributed by atoms with Gasteiger partial charge < -0.3 is 0 Å². The Labute approximate surface area is 89.9 Å². The highest BCUT2D eigenvalue weighted by Gasteiger charge is 2.33. The van der Waals surface area contributed by atoms with Gasteiger partial charge in [-0.3, -0.25) is 4.40 Å². The van der Waals surface area contributed by atoms with Crippen LogP contribution in [0, 0.1) is 6.92 Å². The van der Waals surface area contributed by atoms with E-state index in [1.807, 2.05) is 6.92 Å². The fraction of sp³-hybridized carbons (Fsp3) is 0.400. The SMILES string of the molecule is CCc1c(C)nc2cc(C(F)(F)F)ncn12. The van der Waals surface area contributed by atoms with E-state index >= 15 is 0 Å². The van der Waals surface area contributed by atoms with Crippen molar-refractivity contribution in [3.63, 3.8) is 0 Å². The van der Waals surface area contributed by atoms with Gasteiger partial charge in [-0.15, -0.1) is 0 Å². The van der Waals surface area contributed by atoms with Crippen LogP contribution in [0.2, 0.25) is 0 Å². The van der Waals surface area contributed by atoms with Gasteiger partial charge in [0.25, 0.3) is 0 Å². The average molecular weight is 229 g/mol. The summed E-state index contributed by atoms with van der Waals surface area (Å²) in [6, 6.07) is 0.964. The molecule has 0 fully saturated rings. The molecular formula is C10H10F3N3. The lowest BCUT2D eigenvalue weighted by Gasteiger charge is -2.05. The molecule has 0 aliphatic rings. The van der Waals surface area contributed by atoms with Gasteiger partial charge in [-0.25, -0.2) is 9.97 Å². The highest BCUT2D eigenvalue weighted by molar-refractivity contribution is 5.44. The van der Waals surface area contributed by atoms with Crippen LogP contribution in [0.1, 0.15) is 24.0 Å². The Morgan fingerprint density at radius 1 is 1.38 bits per heavy atom. The Balaban J connectivity index is 2.65. The first-order chi connectivity index (χ1) is 7.43. The summed E-state index contributed by atoms with van der Waals surface area (Å²) < 4.78 is 38.8. The normalized spacial score (nSPS) is 12.3. The number of hydrogen-bond acceptors (Lipinski definition) is 2. The molecule has 0 atom stereocenters. The second-order valence-electron chi connectivity index (χ2n) is 3.50. The first-order valence-electron chi connectivity index (χ1n) is 4.84. The summed E-state index contributed by atoms with van der Waals surface area (Å²) in [5, 5.41) is 0. The van der Waals surface area contributed by atoms with Gasteiger partial charge in [0.2, 0.25) is 0 Å². The van der Waals surface area contributed by atoms with Gasteiger partial charge >= 0.3 is 6.18 Å². The van der Waals surface area contributed by atoms with Crippen molar-refractivity contribution >= 4 is 5.65 Å². The largest absolute Gasteiger partial charge is 0.433 e. The minimum absolute atomic E-state index is 0.289. The van der Waals surface area contributed by atoms with Crippen LogP contribution in [-0.4, -0.2) is 14.4 Å². The number of fused-ring (bicyclic) bond motifs is 1. The van der Waals surface area contributed by atoms with E-state index in [1.54, 1.807) is 11.3 Å². The number of halogens is 3. The molecule has 16 heavy (non-hydrogen) atoms. The van der Waals surface area contributed by atoms with Crippen molar-refractivity contribution in [3.05, 3.63) is 29.5 Å². The highest BCUT2D eigenvalue weighted by Crippen LogP contribution is 2.28. The Morgan fingerprint density at radius 3 is 2.62 bits per heavy atom. The van der Waals surface area contributed by atoms with Gasteiger partial charge in [0.15, 0.2) is 0 Å². The van der Waals surface area contributed by atoms with E-state index in [0.717, 1.165) is 17.5 Å².